The largest absolute Gasteiger partial charge is 0.489 e. The summed E-state index contributed by atoms with van der Waals surface area (Å²) in [4.78, 5) is 3.50. The molecule has 5 heteroatoms. The fourth-order valence-electron chi connectivity index (χ4n) is 5.23. The topological polar surface area (TPSA) is 25.0 Å². The van der Waals surface area contributed by atoms with Crippen LogP contribution in [0.4, 0.5) is 13.2 Å². The molecule has 1 saturated carbocycles. The predicted octanol–water partition coefficient (Wildman–Crippen LogP) is 7.47. The van der Waals surface area contributed by atoms with Gasteiger partial charge in [-0.25, -0.2) is 0 Å². The van der Waals surface area contributed by atoms with Crippen LogP contribution in [0.2, 0.25) is 0 Å². The summed E-state index contributed by atoms with van der Waals surface area (Å²) >= 11 is 0. The summed E-state index contributed by atoms with van der Waals surface area (Å²) in [6, 6.07) is 10.6. The van der Waals surface area contributed by atoms with E-state index in [0.29, 0.717) is 22.8 Å². The number of benzene rings is 2. The molecule has 0 saturated heterocycles. The standard InChI is InChI=1S/C25H26F3NO/c1-15-6-9-20-21-13-18(8-11-23(21)29-24(15)20)30-14-16-7-10-19(17-4-2-3-5-17)22(12-16)25(26,27)28/h7-8,10-13,15,17,29H,2-6,9,14H2,1H3/t15-/m1/s1. The Bertz CT molecular complexity index is 1080. The van der Waals surface area contributed by atoms with Crippen LogP contribution in [0.25, 0.3) is 10.9 Å². The van der Waals surface area contributed by atoms with Crippen LogP contribution < -0.4 is 4.74 Å². The van der Waals surface area contributed by atoms with Gasteiger partial charge in [0, 0.05) is 16.6 Å². The molecule has 2 nitrogen and oxygen atoms in total. The first kappa shape index (κ1) is 19.5. The maximum absolute atomic E-state index is 13.7. The lowest BCUT2D eigenvalue weighted by atomic mass is 9.91. The number of ether oxygens (including phenoxy) is 1. The molecule has 0 radical (unpaired) electrons. The molecular weight excluding hydrogens is 387 g/mol. The minimum atomic E-state index is -4.34. The molecule has 1 atom stereocenters. The Morgan fingerprint density at radius 2 is 1.83 bits per heavy atom. The number of aryl methyl sites for hydroxylation is 1. The fraction of sp³-hybridized carbons (Fsp3) is 0.440. The molecule has 2 aliphatic carbocycles. The Hall–Kier alpha value is -2.43. The van der Waals surface area contributed by atoms with E-state index in [1.807, 2.05) is 18.2 Å². The van der Waals surface area contributed by atoms with Gasteiger partial charge >= 0.3 is 6.18 Å². The maximum atomic E-state index is 13.7. The maximum Gasteiger partial charge on any atom is 0.416 e. The van der Waals surface area contributed by atoms with Crippen molar-refractivity contribution in [3.05, 3.63) is 64.3 Å². The molecule has 3 aromatic rings. The lowest BCUT2D eigenvalue weighted by Gasteiger charge is -2.19. The minimum absolute atomic E-state index is 0.0251. The van der Waals surface area contributed by atoms with Gasteiger partial charge in [0.2, 0.25) is 0 Å². The lowest BCUT2D eigenvalue weighted by molar-refractivity contribution is -0.138. The number of hydrogen-bond acceptors (Lipinski definition) is 1. The highest BCUT2D eigenvalue weighted by Crippen LogP contribution is 2.42. The number of aromatic nitrogens is 1. The number of alkyl halides is 3. The first-order chi connectivity index (χ1) is 14.4. The monoisotopic (exact) mass is 413 g/mol. The second kappa shape index (κ2) is 7.36. The number of hydrogen-bond donors (Lipinski definition) is 1. The molecule has 1 N–H and O–H groups in total. The first-order valence-electron chi connectivity index (χ1n) is 10.9. The van der Waals surface area contributed by atoms with E-state index in [1.54, 1.807) is 12.1 Å². The second-order valence-electron chi connectivity index (χ2n) is 8.85. The van der Waals surface area contributed by atoms with Crippen LogP contribution in [-0.2, 0) is 19.2 Å². The zero-order valence-corrected chi connectivity index (χ0v) is 17.1. The molecule has 2 aliphatic rings. The second-order valence-corrected chi connectivity index (χ2v) is 8.85. The molecule has 1 aromatic heterocycles. The van der Waals surface area contributed by atoms with Gasteiger partial charge in [-0.3, -0.25) is 0 Å². The van der Waals surface area contributed by atoms with Gasteiger partial charge in [0.25, 0.3) is 0 Å². The van der Waals surface area contributed by atoms with E-state index < -0.39 is 11.7 Å². The molecule has 0 amide bonds. The average Bonchev–Trinajstić information content (AvgIpc) is 3.44. The van der Waals surface area contributed by atoms with Crippen molar-refractivity contribution in [2.45, 2.75) is 70.1 Å². The Morgan fingerprint density at radius 1 is 1.03 bits per heavy atom. The van der Waals surface area contributed by atoms with Crippen molar-refractivity contribution in [2.75, 3.05) is 0 Å². The SMILES string of the molecule is C[C@@H]1CCc2c1[nH]c1ccc(OCc3ccc(C4CCCC4)c(C(F)(F)F)c3)cc21. The van der Waals surface area contributed by atoms with Gasteiger partial charge in [-0.15, -0.1) is 0 Å². The predicted molar refractivity (Wildman–Crippen MR) is 112 cm³/mol. The molecule has 5 rings (SSSR count). The third-order valence-corrected chi connectivity index (χ3v) is 6.85. The summed E-state index contributed by atoms with van der Waals surface area (Å²) < 4.78 is 47.0. The van der Waals surface area contributed by atoms with Gasteiger partial charge in [0.1, 0.15) is 12.4 Å². The van der Waals surface area contributed by atoms with Crippen LogP contribution in [0.1, 0.15) is 78.8 Å². The number of aromatic amines is 1. The summed E-state index contributed by atoms with van der Waals surface area (Å²) in [5.41, 5.74) is 4.25. The number of H-pyrrole nitrogens is 1. The summed E-state index contributed by atoms with van der Waals surface area (Å²) in [5.74, 6) is 1.25. The van der Waals surface area contributed by atoms with Gasteiger partial charge in [-0.1, -0.05) is 31.9 Å². The Morgan fingerprint density at radius 3 is 2.60 bits per heavy atom. The smallest absolute Gasteiger partial charge is 0.416 e. The zero-order chi connectivity index (χ0) is 20.9. The first-order valence-corrected chi connectivity index (χ1v) is 10.9. The van der Waals surface area contributed by atoms with Gasteiger partial charge in [-0.2, -0.15) is 13.2 Å². The lowest BCUT2D eigenvalue weighted by Crippen LogP contribution is -2.12. The van der Waals surface area contributed by atoms with E-state index in [1.165, 1.54) is 22.7 Å². The third kappa shape index (κ3) is 3.48. The van der Waals surface area contributed by atoms with Crippen molar-refractivity contribution in [1.29, 1.82) is 0 Å². The quantitative estimate of drug-likeness (QED) is 0.471. The highest BCUT2D eigenvalue weighted by atomic mass is 19.4. The highest BCUT2D eigenvalue weighted by Gasteiger charge is 2.36. The molecule has 0 unspecified atom stereocenters. The van der Waals surface area contributed by atoms with Crippen LogP contribution in [0.15, 0.2) is 36.4 Å². The number of nitrogens with one attached hydrogen (secondary N) is 1. The summed E-state index contributed by atoms with van der Waals surface area (Å²) in [6.45, 7) is 2.36. The normalized spacial score (nSPS) is 19.5. The van der Waals surface area contributed by atoms with Crippen molar-refractivity contribution in [3.63, 3.8) is 0 Å². The summed E-state index contributed by atoms with van der Waals surface area (Å²) in [5, 5.41) is 1.17. The van der Waals surface area contributed by atoms with Gasteiger partial charge in [0.05, 0.1) is 5.56 Å². The molecule has 2 aromatic carbocycles. The number of fused-ring (bicyclic) bond motifs is 3. The zero-order valence-electron chi connectivity index (χ0n) is 17.1. The third-order valence-electron chi connectivity index (χ3n) is 6.85. The van der Waals surface area contributed by atoms with E-state index in [2.05, 4.69) is 11.9 Å². The Kier molecular flexibility index (Phi) is 4.79. The molecule has 0 spiro atoms. The Labute approximate surface area is 174 Å². The van der Waals surface area contributed by atoms with Crippen LogP contribution >= 0.6 is 0 Å². The van der Waals surface area contributed by atoms with E-state index in [0.717, 1.165) is 44.0 Å². The molecule has 30 heavy (non-hydrogen) atoms. The van der Waals surface area contributed by atoms with Crippen molar-refractivity contribution < 1.29 is 17.9 Å². The summed E-state index contributed by atoms with van der Waals surface area (Å²) in [7, 11) is 0. The highest BCUT2D eigenvalue weighted by molar-refractivity contribution is 5.86. The van der Waals surface area contributed by atoms with Gasteiger partial charge in [0.15, 0.2) is 0 Å². The van der Waals surface area contributed by atoms with Crippen LogP contribution in [0.3, 0.4) is 0 Å². The van der Waals surface area contributed by atoms with E-state index >= 15 is 0 Å². The van der Waals surface area contributed by atoms with Crippen LogP contribution in [0.5, 0.6) is 5.75 Å². The van der Waals surface area contributed by atoms with Gasteiger partial charge < -0.3 is 9.72 Å². The average molecular weight is 413 g/mol. The molecule has 0 bridgehead atoms. The van der Waals surface area contributed by atoms with Crippen LogP contribution in [-0.4, -0.2) is 4.98 Å². The number of halogens is 3. The molecule has 158 valence electrons. The van der Waals surface area contributed by atoms with E-state index in [9.17, 15) is 13.2 Å². The minimum Gasteiger partial charge on any atom is -0.489 e. The van der Waals surface area contributed by atoms with E-state index in [4.69, 9.17) is 4.74 Å². The van der Waals surface area contributed by atoms with Crippen molar-refractivity contribution >= 4 is 10.9 Å². The van der Waals surface area contributed by atoms with Crippen LogP contribution in [0, 0.1) is 0 Å². The number of rotatable bonds is 4. The molecule has 1 fully saturated rings. The van der Waals surface area contributed by atoms with E-state index in [-0.39, 0.29) is 12.5 Å². The van der Waals surface area contributed by atoms with Crippen molar-refractivity contribution in [3.8, 4) is 5.75 Å². The molecule has 1 heterocycles. The Balaban J connectivity index is 1.38. The molecular formula is C25H26F3NO. The van der Waals surface area contributed by atoms with Crippen molar-refractivity contribution in [2.24, 2.45) is 0 Å². The summed E-state index contributed by atoms with van der Waals surface area (Å²) in [6.07, 6.45) is 1.58. The van der Waals surface area contributed by atoms with Gasteiger partial charge in [-0.05, 0) is 78.5 Å². The van der Waals surface area contributed by atoms with Crippen molar-refractivity contribution in [1.82, 2.24) is 4.98 Å². The molecule has 0 aliphatic heterocycles. The fourth-order valence-corrected chi connectivity index (χ4v) is 5.23.